The van der Waals surface area contributed by atoms with E-state index in [1.807, 2.05) is 85.7 Å². The number of aliphatic hydroxyl groups excluding tert-OH is 1. The molecule has 3 aromatic carbocycles. The molecule has 0 radical (unpaired) electrons. The molecule has 0 amide bonds. The Balaban J connectivity index is 2.20. The molecule has 3 aromatic rings. The topological polar surface area (TPSA) is 70.1 Å². The van der Waals surface area contributed by atoms with Crippen LogP contribution >= 0.6 is 0 Å². The SMILES string of the molecule is CCCCC(CO)(CCCC)N(Cc1ccccc1)S(=O)(=O)c1ccc(N(C)C)cc1Cc1ccc(OC)cc1. The van der Waals surface area contributed by atoms with Gasteiger partial charge in [-0.2, -0.15) is 4.31 Å². The molecule has 0 heterocycles. The van der Waals surface area contributed by atoms with Crippen LogP contribution in [0.1, 0.15) is 69.1 Å². The number of anilines is 1. The molecule has 1 N–H and O–H groups in total. The summed E-state index contributed by atoms with van der Waals surface area (Å²) in [7, 11) is 1.53. The predicted molar refractivity (Wildman–Crippen MR) is 165 cm³/mol. The van der Waals surface area contributed by atoms with Crippen LogP contribution in [0.2, 0.25) is 0 Å². The molecular weight excluding hydrogens is 520 g/mol. The summed E-state index contributed by atoms with van der Waals surface area (Å²) in [6, 6.07) is 23.0. The molecule has 0 aromatic heterocycles. The third-order valence-electron chi connectivity index (χ3n) is 7.67. The number of sulfonamides is 1. The lowest BCUT2D eigenvalue weighted by Gasteiger charge is -2.43. The van der Waals surface area contributed by atoms with Gasteiger partial charge in [0.15, 0.2) is 0 Å². The summed E-state index contributed by atoms with van der Waals surface area (Å²) in [5, 5.41) is 10.9. The molecule has 218 valence electrons. The summed E-state index contributed by atoms with van der Waals surface area (Å²) in [5.41, 5.74) is 2.67. The van der Waals surface area contributed by atoms with Crippen LogP contribution < -0.4 is 9.64 Å². The second-order valence-electron chi connectivity index (χ2n) is 10.8. The third kappa shape index (κ3) is 7.65. The van der Waals surface area contributed by atoms with Crippen LogP contribution in [0.15, 0.2) is 77.7 Å². The third-order valence-corrected chi connectivity index (χ3v) is 9.72. The lowest BCUT2D eigenvalue weighted by molar-refractivity contribution is 0.0653. The van der Waals surface area contributed by atoms with Crippen molar-refractivity contribution in [3.8, 4) is 5.75 Å². The molecule has 0 bridgehead atoms. The van der Waals surface area contributed by atoms with Crippen molar-refractivity contribution >= 4 is 15.7 Å². The van der Waals surface area contributed by atoms with Crippen LogP contribution in [0.5, 0.6) is 5.75 Å². The van der Waals surface area contributed by atoms with E-state index in [-0.39, 0.29) is 18.0 Å². The normalized spacial score (nSPS) is 12.1. The van der Waals surface area contributed by atoms with Crippen molar-refractivity contribution in [3.63, 3.8) is 0 Å². The lowest BCUT2D eigenvalue weighted by atomic mass is 9.87. The first kappa shape index (κ1) is 31.7. The molecule has 3 rings (SSSR count). The zero-order valence-corrected chi connectivity index (χ0v) is 25.6. The number of methoxy groups -OCH3 is 1. The van der Waals surface area contributed by atoms with Gasteiger partial charge in [0.25, 0.3) is 0 Å². The number of unbranched alkanes of at least 4 members (excludes halogenated alkanes) is 2. The van der Waals surface area contributed by atoms with Crippen LogP contribution in [-0.4, -0.2) is 51.2 Å². The van der Waals surface area contributed by atoms with Gasteiger partial charge in [0.05, 0.1) is 24.2 Å². The Morgan fingerprint density at radius 2 is 1.48 bits per heavy atom. The number of benzene rings is 3. The van der Waals surface area contributed by atoms with Gasteiger partial charge < -0.3 is 14.7 Å². The molecule has 0 unspecified atom stereocenters. The van der Waals surface area contributed by atoms with Gasteiger partial charge in [-0.25, -0.2) is 8.42 Å². The Morgan fingerprint density at radius 1 is 0.850 bits per heavy atom. The van der Waals surface area contributed by atoms with Crippen molar-refractivity contribution in [2.45, 2.75) is 75.8 Å². The highest BCUT2D eigenvalue weighted by Gasteiger charge is 2.43. The van der Waals surface area contributed by atoms with Gasteiger partial charge in [-0.1, -0.05) is 82.0 Å². The largest absolute Gasteiger partial charge is 0.497 e. The van der Waals surface area contributed by atoms with Crippen molar-refractivity contribution in [3.05, 3.63) is 89.5 Å². The summed E-state index contributed by atoms with van der Waals surface area (Å²) in [4.78, 5) is 2.27. The quantitative estimate of drug-likeness (QED) is 0.210. The minimum Gasteiger partial charge on any atom is -0.497 e. The zero-order chi connectivity index (χ0) is 29.2. The molecule has 0 atom stereocenters. The van der Waals surface area contributed by atoms with E-state index < -0.39 is 15.6 Å². The smallest absolute Gasteiger partial charge is 0.244 e. The van der Waals surface area contributed by atoms with E-state index in [0.29, 0.717) is 19.3 Å². The van der Waals surface area contributed by atoms with Crippen LogP contribution in [0, 0.1) is 0 Å². The molecular formula is C33H46N2O4S. The van der Waals surface area contributed by atoms with Crippen molar-refractivity contribution in [2.75, 3.05) is 32.7 Å². The molecule has 0 spiro atoms. The summed E-state index contributed by atoms with van der Waals surface area (Å²) in [6.45, 7) is 4.19. The maximum Gasteiger partial charge on any atom is 0.244 e. The summed E-state index contributed by atoms with van der Waals surface area (Å²) in [5.74, 6) is 0.757. The number of nitrogens with zero attached hydrogens (tertiary/aromatic N) is 2. The molecule has 40 heavy (non-hydrogen) atoms. The van der Waals surface area contributed by atoms with Gasteiger partial charge in [-0.3, -0.25) is 0 Å². The van der Waals surface area contributed by atoms with Crippen molar-refractivity contribution < 1.29 is 18.3 Å². The first-order chi connectivity index (χ1) is 19.2. The van der Waals surface area contributed by atoms with Crippen LogP contribution in [0.3, 0.4) is 0 Å². The maximum absolute atomic E-state index is 14.8. The number of hydrogen-bond donors (Lipinski definition) is 1. The predicted octanol–water partition coefficient (Wildman–Crippen LogP) is 6.65. The Bertz CT molecular complexity index is 1280. The molecule has 0 saturated carbocycles. The fourth-order valence-corrected chi connectivity index (χ4v) is 7.20. The number of ether oxygens (including phenoxy) is 1. The molecule has 0 aliphatic rings. The van der Waals surface area contributed by atoms with Crippen molar-refractivity contribution in [2.24, 2.45) is 0 Å². The average molecular weight is 567 g/mol. The van der Waals surface area contributed by atoms with Gasteiger partial charge in [-0.05, 0) is 66.3 Å². The summed E-state index contributed by atoms with van der Waals surface area (Å²) in [6.07, 6.45) is 5.19. The van der Waals surface area contributed by atoms with Crippen molar-refractivity contribution in [1.29, 1.82) is 0 Å². The molecule has 0 aliphatic heterocycles. The van der Waals surface area contributed by atoms with E-state index in [4.69, 9.17) is 4.74 Å². The van der Waals surface area contributed by atoms with Gasteiger partial charge >= 0.3 is 0 Å². The van der Waals surface area contributed by atoms with E-state index in [1.165, 1.54) is 0 Å². The second kappa shape index (κ2) is 14.7. The van der Waals surface area contributed by atoms with Crippen LogP contribution in [-0.2, 0) is 23.0 Å². The Labute approximate surface area is 241 Å². The minimum atomic E-state index is -4.01. The van der Waals surface area contributed by atoms with Crippen LogP contribution in [0.4, 0.5) is 5.69 Å². The van der Waals surface area contributed by atoms with Crippen molar-refractivity contribution in [1.82, 2.24) is 4.31 Å². The van der Waals surface area contributed by atoms with E-state index >= 15 is 0 Å². The standard InChI is InChI=1S/C33H46N2O4S/c1-6-8-21-33(26-36,22-9-7-2)35(25-28-13-11-10-12-14-28)40(37,38)32-20-17-30(34(3)4)24-29(32)23-27-15-18-31(39-5)19-16-27/h10-20,24,36H,6-9,21-23,25-26H2,1-5H3. The van der Waals surface area contributed by atoms with Crippen LogP contribution in [0.25, 0.3) is 0 Å². The molecule has 7 heteroatoms. The van der Waals surface area contributed by atoms with E-state index in [1.54, 1.807) is 17.5 Å². The fourth-order valence-electron chi connectivity index (χ4n) is 5.20. The zero-order valence-electron chi connectivity index (χ0n) is 24.8. The highest BCUT2D eigenvalue weighted by atomic mass is 32.2. The first-order valence-corrected chi connectivity index (χ1v) is 15.8. The highest BCUT2D eigenvalue weighted by Crippen LogP contribution is 2.37. The number of hydrogen-bond acceptors (Lipinski definition) is 5. The Morgan fingerprint density at radius 3 is 2.00 bits per heavy atom. The van der Waals surface area contributed by atoms with Gasteiger partial charge in [0.2, 0.25) is 10.0 Å². The second-order valence-corrected chi connectivity index (χ2v) is 12.6. The Hall–Kier alpha value is -2.87. The highest BCUT2D eigenvalue weighted by molar-refractivity contribution is 7.89. The van der Waals surface area contributed by atoms with Gasteiger partial charge in [0, 0.05) is 26.3 Å². The fraction of sp³-hybridized carbons (Fsp3) is 0.455. The number of aliphatic hydroxyl groups is 1. The molecule has 0 fully saturated rings. The molecule has 0 saturated heterocycles. The summed E-state index contributed by atoms with van der Waals surface area (Å²) < 4.78 is 36.6. The molecule has 0 aliphatic carbocycles. The minimum absolute atomic E-state index is 0.203. The van der Waals surface area contributed by atoms with Gasteiger partial charge in [-0.15, -0.1) is 0 Å². The van der Waals surface area contributed by atoms with Gasteiger partial charge in [0.1, 0.15) is 5.75 Å². The lowest BCUT2D eigenvalue weighted by Crippen LogP contribution is -2.54. The average Bonchev–Trinajstić information content (AvgIpc) is 2.97. The number of rotatable bonds is 16. The first-order valence-electron chi connectivity index (χ1n) is 14.3. The van der Waals surface area contributed by atoms with E-state index in [2.05, 4.69) is 13.8 Å². The molecule has 6 nitrogen and oxygen atoms in total. The Kier molecular flexibility index (Phi) is 11.6. The monoisotopic (exact) mass is 566 g/mol. The summed E-state index contributed by atoms with van der Waals surface area (Å²) >= 11 is 0. The maximum atomic E-state index is 14.8. The van der Waals surface area contributed by atoms with E-state index in [0.717, 1.165) is 53.8 Å². The van der Waals surface area contributed by atoms with E-state index in [9.17, 15) is 13.5 Å².